The summed E-state index contributed by atoms with van der Waals surface area (Å²) in [6.45, 7) is 5.42. The molecule has 3 atom stereocenters. The van der Waals surface area contributed by atoms with Gasteiger partial charge in [-0.1, -0.05) is 97.4 Å². The molecular weight excluding hydrogens is 506 g/mol. The number of carbonyl (C=O) groups excluding carboxylic acids is 2. The van der Waals surface area contributed by atoms with Crippen LogP contribution in [0.4, 0.5) is 4.79 Å². The number of benzene rings is 3. The number of aliphatic hydroxyl groups excluding tert-OH is 1. The Morgan fingerprint density at radius 2 is 1.38 bits per heavy atom. The van der Waals surface area contributed by atoms with Gasteiger partial charge in [0.05, 0.1) is 16.9 Å². The molecule has 2 N–H and O–H groups in total. The molecule has 5 nitrogen and oxygen atoms in total. The molecule has 206 valence electrons. The molecule has 6 heteroatoms. The minimum Gasteiger partial charge on any atom is -0.444 e. The number of amides is 1. The van der Waals surface area contributed by atoms with Crippen molar-refractivity contribution in [2.24, 2.45) is 5.92 Å². The van der Waals surface area contributed by atoms with Crippen LogP contribution < -0.4 is 5.32 Å². The number of Topliss-reactive ketones (excluding diaryl/α,β-unsaturated/α-hetero) is 1. The summed E-state index contributed by atoms with van der Waals surface area (Å²) >= 11 is 1.65. The summed E-state index contributed by atoms with van der Waals surface area (Å²) in [5.74, 6) is -0.0721. The van der Waals surface area contributed by atoms with E-state index in [1.165, 1.54) is 0 Å². The molecule has 1 fully saturated rings. The van der Waals surface area contributed by atoms with Crippen LogP contribution in [-0.2, 0) is 14.3 Å². The second kappa shape index (κ2) is 12.8. The normalized spacial score (nSPS) is 17.7. The molecule has 0 bridgehead atoms. The zero-order valence-electron chi connectivity index (χ0n) is 23.0. The van der Waals surface area contributed by atoms with Crippen LogP contribution in [0.2, 0.25) is 0 Å². The Labute approximate surface area is 236 Å². The van der Waals surface area contributed by atoms with Crippen molar-refractivity contribution in [3.05, 3.63) is 108 Å². The predicted molar refractivity (Wildman–Crippen MR) is 158 cm³/mol. The van der Waals surface area contributed by atoms with Gasteiger partial charge in [0.15, 0.2) is 0 Å². The monoisotopic (exact) mass is 545 g/mol. The van der Waals surface area contributed by atoms with E-state index in [9.17, 15) is 14.7 Å². The van der Waals surface area contributed by atoms with Crippen LogP contribution in [0, 0.1) is 5.92 Å². The quantitative estimate of drug-likeness (QED) is 0.292. The molecule has 0 aromatic heterocycles. The van der Waals surface area contributed by atoms with Gasteiger partial charge in [0.1, 0.15) is 11.4 Å². The molecule has 1 saturated carbocycles. The largest absolute Gasteiger partial charge is 0.444 e. The summed E-state index contributed by atoms with van der Waals surface area (Å²) in [7, 11) is 0. The third-order valence-corrected chi connectivity index (χ3v) is 8.81. The molecule has 39 heavy (non-hydrogen) atoms. The van der Waals surface area contributed by atoms with Crippen molar-refractivity contribution < 1.29 is 19.4 Å². The van der Waals surface area contributed by atoms with Crippen LogP contribution >= 0.6 is 11.8 Å². The number of ether oxygens (including phenoxy) is 1. The first-order valence-electron chi connectivity index (χ1n) is 13.7. The number of alkyl carbamates (subject to hydrolysis) is 1. The van der Waals surface area contributed by atoms with Gasteiger partial charge in [-0.15, -0.1) is 11.8 Å². The third kappa shape index (κ3) is 7.11. The molecule has 1 aliphatic carbocycles. The van der Waals surface area contributed by atoms with Gasteiger partial charge < -0.3 is 15.2 Å². The first-order valence-corrected chi connectivity index (χ1v) is 14.7. The highest BCUT2D eigenvalue weighted by atomic mass is 32.2. The molecule has 3 aromatic carbocycles. The Kier molecular flexibility index (Phi) is 9.52. The summed E-state index contributed by atoms with van der Waals surface area (Å²) in [6.07, 6.45) is 1.22. The van der Waals surface area contributed by atoms with E-state index in [2.05, 4.69) is 41.7 Å². The molecule has 0 saturated heterocycles. The summed E-state index contributed by atoms with van der Waals surface area (Å²) in [4.78, 5) is 25.7. The van der Waals surface area contributed by atoms with Gasteiger partial charge in [-0.05, 0) is 50.3 Å². The van der Waals surface area contributed by atoms with E-state index in [0.29, 0.717) is 18.6 Å². The number of ketones is 1. The van der Waals surface area contributed by atoms with Crippen molar-refractivity contribution in [3.63, 3.8) is 0 Å². The second-order valence-electron chi connectivity index (χ2n) is 11.2. The van der Waals surface area contributed by atoms with E-state index in [4.69, 9.17) is 4.74 Å². The van der Waals surface area contributed by atoms with Gasteiger partial charge in [0.2, 0.25) is 0 Å². The van der Waals surface area contributed by atoms with Gasteiger partial charge in [-0.25, -0.2) is 4.79 Å². The average molecular weight is 546 g/mol. The van der Waals surface area contributed by atoms with Crippen LogP contribution in [0.3, 0.4) is 0 Å². The van der Waals surface area contributed by atoms with Gasteiger partial charge in [-0.2, -0.15) is 0 Å². The van der Waals surface area contributed by atoms with E-state index < -0.39 is 34.5 Å². The topological polar surface area (TPSA) is 75.6 Å². The highest BCUT2D eigenvalue weighted by Gasteiger charge is 2.41. The number of nitrogens with one attached hydrogen (secondary N) is 1. The summed E-state index contributed by atoms with van der Waals surface area (Å²) < 4.78 is 4.95. The lowest BCUT2D eigenvalue weighted by Crippen LogP contribution is -2.52. The fraction of sp³-hybridized carbons (Fsp3) is 0.394. The SMILES string of the molecule is CC(C)(C)OC(=O)N[C@@H](CSC(c1ccccc1)(c1ccccc1)c1ccccc1)C(O)C1CCCCC1=O. The molecule has 1 amide bonds. The smallest absolute Gasteiger partial charge is 0.407 e. The van der Waals surface area contributed by atoms with E-state index >= 15 is 0 Å². The lowest BCUT2D eigenvalue weighted by molar-refractivity contribution is -0.129. The minimum absolute atomic E-state index is 0.0650. The Morgan fingerprint density at radius 3 is 1.82 bits per heavy atom. The lowest BCUT2D eigenvalue weighted by Gasteiger charge is -2.38. The Morgan fingerprint density at radius 1 is 0.897 bits per heavy atom. The highest BCUT2D eigenvalue weighted by Crippen LogP contribution is 2.49. The Bertz CT molecular complexity index is 1110. The second-order valence-corrected chi connectivity index (χ2v) is 12.4. The van der Waals surface area contributed by atoms with Gasteiger partial charge >= 0.3 is 6.09 Å². The first kappa shape index (κ1) is 28.9. The van der Waals surface area contributed by atoms with Crippen molar-refractivity contribution in [2.45, 2.75) is 68.9 Å². The molecule has 0 aliphatic heterocycles. The fourth-order valence-corrected chi connectivity index (χ4v) is 6.94. The van der Waals surface area contributed by atoms with Crippen molar-refractivity contribution in [3.8, 4) is 0 Å². The predicted octanol–water partition coefficient (Wildman–Crippen LogP) is 6.73. The molecule has 4 rings (SSSR count). The lowest BCUT2D eigenvalue weighted by atomic mass is 9.82. The number of carbonyl (C=O) groups is 2. The maximum absolute atomic E-state index is 12.9. The van der Waals surface area contributed by atoms with Gasteiger partial charge in [0.25, 0.3) is 0 Å². The number of hydrogen-bond donors (Lipinski definition) is 2. The maximum atomic E-state index is 12.9. The van der Waals surface area contributed by atoms with Crippen LogP contribution in [0.15, 0.2) is 91.0 Å². The molecule has 1 aliphatic rings. The van der Waals surface area contributed by atoms with Crippen LogP contribution in [0.5, 0.6) is 0 Å². The molecule has 3 aromatic rings. The highest BCUT2D eigenvalue weighted by molar-refractivity contribution is 8.00. The van der Waals surface area contributed by atoms with Gasteiger partial charge in [-0.3, -0.25) is 4.79 Å². The van der Waals surface area contributed by atoms with Crippen LogP contribution in [0.1, 0.15) is 63.1 Å². The van der Waals surface area contributed by atoms with Crippen LogP contribution in [-0.4, -0.2) is 40.5 Å². The first-order chi connectivity index (χ1) is 18.7. The number of thioether (sulfide) groups is 1. The molecular formula is C33H39NO4S. The Hall–Kier alpha value is -3.09. The van der Waals surface area contributed by atoms with Gasteiger partial charge in [0, 0.05) is 18.1 Å². The zero-order valence-corrected chi connectivity index (χ0v) is 23.8. The van der Waals surface area contributed by atoms with Crippen molar-refractivity contribution in [1.29, 1.82) is 0 Å². The maximum Gasteiger partial charge on any atom is 0.407 e. The van der Waals surface area contributed by atoms with E-state index in [-0.39, 0.29) is 5.78 Å². The summed E-state index contributed by atoms with van der Waals surface area (Å²) in [5.41, 5.74) is 2.58. The molecule has 0 heterocycles. The number of rotatable bonds is 9. The number of hydrogen-bond acceptors (Lipinski definition) is 5. The average Bonchev–Trinajstić information content (AvgIpc) is 2.93. The van der Waals surface area contributed by atoms with E-state index in [0.717, 1.165) is 29.5 Å². The molecule has 0 spiro atoms. The van der Waals surface area contributed by atoms with Crippen molar-refractivity contribution in [2.75, 3.05) is 5.75 Å². The standard InChI is InChI=1S/C33H39NO4S/c1-32(2,3)38-31(37)34-28(30(36)27-21-13-14-22-29(27)35)23-39-33(24-15-7-4-8-16-24,25-17-9-5-10-18-25)26-19-11-6-12-20-26/h4-12,15-20,27-28,30,36H,13-14,21-23H2,1-3H3,(H,34,37)/t27?,28-,30?/m0/s1. The van der Waals surface area contributed by atoms with Crippen molar-refractivity contribution in [1.82, 2.24) is 5.32 Å². The van der Waals surface area contributed by atoms with Crippen LogP contribution in [0.25, 0.3) is 0 Å². The zero-order chi connectivity index (χ0) is 27.9. The Balaban J connectivity index is 1.75. The van der Waals surface area contributed by atoms with Crippen molar-refractivity contribution >= 4 is 23.6 Å². The third-order valence-electron chi connectivity index (χ3n) is 7.15. The number of aliphatic hydroxyl groups is 1. The molecule has 2 unspecified atom stereocenters. The summed E-state index contributed by atoms with van der Waals surface area (Å²) in [5, 5.41) is 14.5. The minimum atomic E-state index is -1.02. The fourth-order valence-electron chi connectivity index (χ4n) is 5.32. The summed E-state index contributed by atoms with van der Waals surface area (Å²) in [6, 6.07) is 30.2. The van der Waals surface area contributed by atoms with E-state index in [1.54, 1.807) is 11.8 Å². The molecule has 0 radical (unpaired) electrons. The van der Waals surface area contributed by atoms with E-state index in [1.807, 2.05) is 75.4 Å².